The highest BCUT2D eigenvalue weighted by molar-refractivity contribution is 5.44. The minimum atomic E-state index is -5.74. The van der Waals surface area contributed by atoms with Gasteiger partial charge in [-0.05, 0) is 12.1 Å². The Hall–Kier alpha value is -1.98. The van der Waals surface area contributed by atoms with Gasteiger partial charge in [0.25, 0.3) is 6.10 Å². The Morgan fingerprint density at radius 2 is 1.58 bits per heavy atom. The van der Waals surface area contributed by atoms with E-state index in [1.807, 2.05) is 0 Å². The van der Waals surface area contributed by atoms with E-state index in [0.717, 1.165) is 12.1 Å². The molecule has 0 bridgehead atoms. The van der Waals surface area contributed by atoms with Crippen LogP contribution in [0.3, 0.4) is 0 Å². The maximum atomic E-state index is 13.0. The van der Waals surface area contributed by atoms with Crippen molar-refractivity contribution in [1.82, 2.24) is 0 Å². The molecule has 0 spiro atoms. The van der Waals surface area contributed by atoms with E-state index >= 15 is 0 Å². The SMILES string of the molecule is N#Cc1c(F)cccc1OC(C(F)(F)F)C(F)(F)F. The third-order valence-electron chi connectivity index (χ3n) is 1.93. The summed E-state index contributed by atoms with van der Waals surface area (Å²) in [4.78, 5) is 0. The fourth-order valence-corrected chi connectivity index (χ4v) is 1.16. The number of hydrogen-bond donors (Lipinski definition) is 0. The topological polar surface area (TPSA) is 33.0 Å². The third kappa shape index (κ3) is 3.49. The van der Waals surface area contributed by atoms with Crippen molar-refractivity contribution in [3.63, 3.8) is 0 Å². The summed E-state index contributed by atoms with van der Waals surface area (Å²) in [6.07, 6.45) is -15.6. The smallest absolute Gasteiger partial charge is 0.434 e. The predicted molar refractivity (Wildman–Crippen MR) is 47.6 cm³/mol. The molecule has 0 N–H and O–H groups in total. The highest BCUT2D eigenvalue weighted by atomic mass is 19.4. The van der Waals surface area contributed by atoms with Gasteiger partial charge < -0.3 is 4.74 Å². The number of nitriles is 1. The van der Waals surface area contributed by atoms with Crippen molar-refractivity contribution >= 4 is 0 Å². The third-order valence-corrected chi connectivity index (χ3v) is 1.93. The fourth-order valence-electron chi connectivity index (χ4n) is 1.16. The molecular weight excluding hydrogens is 283 g/mol. The van der Waals surface area contributed by atoms with Crippen molar-refractivity contribution in [2.45, 2.75) is 18.5 Å². The second-order valence-electron chi connectivity index (χ2n) is 3.31. The van der Waals surface area contributed by atoms with Crippen LogP contribution >= 0.6 is 0 Å². The van der Waals surface area contributed by atoms with Gasteiger partial charge in [0, 0.05) is 0 Å². The van der Waals surface area contributed by atoms with Crippen molar-refractivity contribution in [2.75, 3.05) is 0 Å². The van der Waals surface area contributed by atoms with Crippen LogP contribution < -0.4 is 4.74 Å². The average molecular weight is 287 g/mol. The molecule has 0 aliphatic carbocycles. The fraction of sp³-hybridized carbons (Fsp3) is 0.300. The van der Waals surface area contributed by atoms with Crippen LogP contribution in [0.4, 0.5) is 30.7 Å². The molecule has 0 saturated carbocycles. The standard InChI is InChI=1S/C10H4F7NO/c11-6-2-1-3-7(5(6)4-18)19-8(9(12,13)14)10(15,16)17/h1-3,8H. The molecular formula is C10H4F7NO. The molecule has 1 aromatic rings. The zero-order valence-corrected chi connectivity index (χ0v) is 8.81. The molecule has 104 valence electrons. The zero-order valence-electron chi connectivity index (χ0n) is 8.81. The lowest BCUT2D eigenvalue weighted by atomic mass is 10.2. The molecule has 2 nitrogen and oxygen atoms in total. The summed E-state index contributed by atoms with van der Waals surface area (Å²) in [7, 11) is 0. The lowest BCUT2D eigenvalue weighted by Gasteiger charge is -2.24. The molecule has 0 heterocycles. The molecule has 0 radical (unpaired) electrons. The quantitative estimate of drug-likeness (QED) is 0.779. The van der Waals surface area contributed by atoms with Crippen LogP contribution in [0.1, 0.15) is 5.56 Å². The van der Waals surface area contributed by atoms with E-state index < -0.39 is 35.6 Å². The Kier molecular flexibility index (Phi) is 3.93. The van der Waals surface area contributed by atoms with E-state index in [9.17, 15) is 30.7 Å². The van der Waals surface area contributed by atoms with Gasteiger partial charge in [-0.1, -0.05) is 6.07 Å². The average Bonchev–Trinajstić information content (AvgIpc) is 2.22. The molecule has 0 fully saturated rings. The Morgan fingerprint density at radius 1 is 1.05 bits per heavy atom. The van der Waals surface area contributed by atoms with Gasteiger partial charge in [-0.2, -0.15) is 31.6 Å². The van der Waals surface area contributed by atoms with Crippen molar-refractivity contribution < 1.29 is 35.5 Å². The summed E-state index contributed by atoms with van der Waals surface area (Å²) in [6, 6.07) is 3.32. The molecule has 0 amide bonds. The second kappa shape index (κ2) is 4.95. The van der Waals surface area contributed by atoms with E-state index in [2.05, 4.69) is 4.74 Å². The Morgan fingerprint density at radius 3 is 2.00 bits per heavy atom. The summed E-state index contributed by atoms with van der Waals surface area (Å²) in [5.41, 5.74) is -1.03. The van der Waals surface area contributed by atoms with Gasteiger partial charge in [-0.3, -0.25) is 0 Å². The van der Waals surface area contributed by atoms with Gasteiger partial charge in [-0.15, -0.1) is 0 Å². The minimum absolute atomic E-state index is 0.645. The lowest BCUT2D eigenvalue weighted by Crippen LogP contribution is -2.46. The highest BCUT2D eigenvalue weighted by Gasteiger charge is 2.59. The molecule has 0 aromatic heterocycles. The Labute approximate surface area is 102 Å². The zero-order chi connectivity index (χ0) is 14.8. The largest absolute Gasteiger partial charge is 0.470 e. The predicted octanol–water partition coefficient (Wildman–Crippen LogP) is 3.57. The van der Waals surface area contributed by atoms with Gasteiger partial charge in [0.05, 0.1) is 0 Å². The first-order valence-corrected chi connectivity index (χ1v) is 4.56. The Bertz CT molecular complexity index is 486. The lowest BCUT2D eigenvalue weighted by molar-refractivity contribution is -0.299. The number of halogens is 7. The summed E-state index contributed by atoms with van der Waals surface area (Å²) in [5.74, 6) is -2.40. The van der Waals surface area contributed by atoms with E-state index in [1.54, 1.807) is 0 Å². The first-order chi connectivity index (χ1) is 8.57. The number of ether oxygens (including phenoxy) is 1. The van der Waals surface area contributed by atoms with Gasteiger partial charge in [0.2, 0.25) is 0 Å². The van der Waals surface area contributed by atoms with Crippen LogP contribution in [0, 0.1) is 17.1 Å². The molecule has 9 heteroatoms. The van der Waals surface area contributed by atoms with Crippen LogP contribution in [0.5, 0.6) is 5.75 Å². The van der Waals surface area contributed by atoms with Crippen LogP contribution in [0.15, 0.2) is 18.2 Å². The van der Waals surface area contributed by atoms with Crippen LogP contribution in [0.25, 0.3) is 0 Å². The summed E-state index contributed by atoms with van der Waals surface area (Å²) in [6.45, 7) is 0. The van der Waals surface area contributed by atoms with Gasteiger partial charge in [-0.25, -0.2) is 4.39 Å². The number of benzene rings is 1. The molecule has 1 rings (SSSR count). The van der Waals surface area contributed by atoms with Crippen molar-refractivity contribution in [3.05, 3.63) is 29.6 Å². The van der Waals surface area contributed by atoms with Gasteiger partial charge in [0.1, 0.15) is 23.2 Å². The maximum Gasteiger partial charge on any atom is 0.434 e. The minimum Gasteiger partial charge on any atom is -0.470 e. The monoisotopic (exact) mass is 287 g/mol. The number of hydrogen-bond acceptors (Lipinski definition) is 2. The first kappa shape index (κ1) is 15.1. The molecule has 0 saturated heterocycles. The van der Waals surface area contributed by atoms with Crippen molar-refractivity contribution in [2.24, 2.45) is 0 Å². The molecule has 0 aliphatic rings. The van der Waals surface area contributed by atoms with Gasteiger partial charge >= 0.3 is 12.4 Å². The molecule has 19 heavy (non-hydrogen) atoms. The normalized spacial score (nSPS) is 12.4. The van der Waals surface area contributed by atoms with E-state index in [0.29, 0.717) is 12.1 Å². The summed E-state index contributed by atoms with van der Waals surface area (Å²) in [5, 5.41) is 8.49. The summed E-state index contributed by atoms with van der Waals surface area (Å²) < 4.78 is 90.1. The summed E-state index contributed by atoms with van der Waals surface area (Å²) >= 11 is 0. The maximum absolute atomic E-state index is 13.0. The van der Waals surface area contributed by atoms with Crippen molar-refractivity contribution in [3.8, 4) is 11.8 Å². The highest BCUT2D eigenvalue weighted by Crippen LogP contribution is 2.37. The van der Waals surface area contributed by atoms with Crippen LogP contribution in [-0.4, -0.2) is 18.5 Å². The number of alkyl halides is 6. The van der Waals surface area contributed by atoms with Gasteiger partial charge in [0.15, 0.2) is 0 Å². The molecule has 0 aliphatic heterocycles. The van der Waals surface area contributed by atoms with E-state index in [4.69, 9.17) is 5.26 Å². The molecule has 1 aromatic carbocycles. The molecule has 0 atom stereocenters. The van der Waals surface area contributed by atoms with E-state index in [-0.39, 0.29) is 0 Å². The van der Waals surface area contributed by atoms with Crippen LogP contribution in [0.2, 0.25) is 0 Å². The first-order valence-electron chi connectivity index (χ1n) is 4.56. The Balaban J connectivity index is 3.20. The second-order valence-corrected chi connectivity index (χ2v) is 3.31. The van der Waals surface area contributed by atoms with E-state index in [1.165, 1.54) is 0 Å². The number of rotatable bonds is 2. The molecule has 0 unspecified atom stereocenters. The number of nitrogens with zero attached hydrogens (tertiary/aromatic N) is 1. The van der Waals surface area contributed by atoms with Crippen molar-refractivity contribution in [1.29, 1.82) is 5.26 Å². The van der Waals surface area contributed by atoms with Crippen LogP contribution in [-0.2, 0) is 0 Å².